The molecule has 0 spiro atoms. The molecule has 0 aliphatic carbocycles. The van der Waals surface area contributed by atoms with E-state index in [0.717, 1.165) is 0 Å². The second-order valence-corrected chi connectivity index (χ2v) is 0. The van der Waals surface area contributed by atoms with Gasteiger partial charge in [-0.15, -0.1) is 23.3 Å². The Kier molecular flexibility index (Phi) is 80.2. The molecular formula is H2MoS2Ti. The summed E-state index contributed by atoms with van der Waals surface area (Å²) in [5.41, 5.74) is 0. The van der Waals surface area contributed by atoms with Crippen molar-refractivity contribution in [3.05, 3.63) is 0 Å². The van der Waals surface area contributed by atoms with Crippen molar-refractivity contribution < 1.29 is 42.8 Å². The molecule has 0 aromatic heterocycles. The summed E-state index contributed by atoms with van der Waals surface area (Å²) in [4.78, 5) is 0. The van der Waals surface area contributed by atoms with Gasteiger partial charge in [0.2, 0.25) is 0 Å². The Morgan fingerprint density at radius 1 is 1.00 bits per heavy atom. The quantitative estimate of drug-likeness (QED) is 0.329. The van der Waals surface area contributed by atoms with Gasteiger partial charge in [-0.25, -0.2) is 0 Å². The molecule has 0 N–H and O–H groups in total. The molecule has 0 aliphatic rings. The molecule has 0 bridgehead atoms. The Bertz CT molecular complexity index is 6.00. The normalized spacial score (nSPS) is 1.50. The number of rotatable bonds is 0. The van der Waals surface area contributed by atoms with E-state index in [4.69, 9.17) is 0 Å². The van der Waals surface area contributed by atoms with Crippen molar-refractivity contribution in [1.29, 1.82) is 0 Å². The Hall–Kier alpha value is 2.10. The second kappa shape index (κ2) is 19.4. The molecule has 0 heterocycles. The minimum atomic E-state index is 0. The molecule has 0 aromatic carbocycles. The molecule has 24 valence electrons. The molecule has 0 amide bonds. The largest absolute Gasteiger partial charge is 0.115 e. The first-order valence-corrected chi connectivity index (χ1v) is 1.80. The van der Waals surface area contributed by atoms with E-state index in [0.29, 0.717) is 0 Å². The van der Waals surface area contributed by atoms with Gasteiger partial charge in [0.15, 0.2) is 0 Å². The van der Waals surface area contributed by atoms with Gasteiger partial charge in [0.1, 0.15) is 0 Å². The van der Waals surface area contributed by atoms with E-state index in [1.807, 2.05) is 0 Å². The summed E-state index contributed by atoms with van der Waals surface area (Å²) in [5.74, 6) is 0. The van der Waals surface area contributed by atoms with Crippen molar-refractivity contribution in [2.45, 2.75) is 0 Å². The van der Waals surface area contributed by atoms with Crippen LogP contribution in [0, 0.1) is 0 Å². The molecule has 0 aliphatic heterocycles. The van der Waals surface area contributed by atoms with Crippen LogP contribution in [0.15, 0.2) is 0 Å². The van der Waals surface area contributed by atoms with Gasteiger partial charge in [0, 0.05) is 42.8 Å². The number of thiol groups is 2. The zero-order chi connectivity index (χ0) is 2.00. The molecule has 0 fully saturated rings. The van der Waals surface area contributed by atoms with Crippen molar-refractivity contribution >= 4 is 23.3 Å². The Morgan fingerprint density at radius 3 is 1.00 bits per heavy atom. The van der Waals surface area contributed by atoms with E-state index >= 15 is 0 Å². The van der Waals surface area contributed by atoms with Gasteiger partial charge in [0.05, 0.1) is 0 Å². The summed E-state index contributed by atoms with van der Waals surface area (Å²) in [6.07, 6.45) is 0. The monoisotopic (exact) mass is 212 g/mol. The maximum absolute atomic E-state index is 3.22. The van der Waals surface area contributed by atoms with Gasteiger partial charge in [-0.1, -0.05) is 0 Å². The average molecular weight is 210 g/mol. The first-order valence-electron chi connectivity index (χ1n) is 0.200. The van der Waals surface area contributed by atoms with Gasteiger partial charge < -0.3 is 0 Å². The molecule has 0 nitrogen and oxygen atoms in total. The zero-order valence-electron chi connectivity index (χ0n) is 1.80. The molecule has 0 unspecified atom stereocenters. The fourth-order valence-corrected chi connectivity index (χ4v) is 0. The van der Waals surface area contributed by atoms with Crippen LogP contribution in [-0.4, -0.2) is 0 Å². The molecular weight excluding hydrogens is 208 g/mol. The molecule has 4 heavy (non-hydrogen) atoms. The maximum Gasteiger partial charge on any atom is 0 e. The van der Waals surface area contributed by atoms with E-state index in [9.17, 15) is 0 Å². The van der Waals surface area contributed by atoms with Gasteiger partial charge in [-0.3, -0.25) is 0 Å². The minimum absolute atomic E-state index is 0. The first-order chi connectivity index (χ1) is 1.00. The van der Waals surface area contributed by atoms with Crippen LogP contribution in [0.5, 0.6) is 0 Å². The van der Waals surface area contributed by atoms with Gasteiger partial charge in [0.25, 0.3) is 0 Å². The van der Waals surface area contributed by atoms with Crippen LogP contribution in [0.2, 0.25) is 0 Å². The Balaban J connectivity index is -0.00000000500. The third-order valence-electron chi connectivity index (χ3n) is 0. The Morgan fingerprint density at radius 2 is 1.00 bits per heavy atom. The molecule has 0 saturated heterocycles. The zero-order valence-corrected chi connectivity index (χ0v) is 7.16. The molecule has 0 aromatic rings. The average Bonchev–Trinajstić information content (AvgIpc) is 1.00. The summed E-state index contributed by atoms with van der Waals surface area (Å²) in [5, 5.41) is 0. The van der Waals surface area contributed by atoms with Crippen LogP contribution in [-0.2, 0) is 42.8 Å². The third kappa shape index (κ3) is 8.93. The summed E-state index contributed by atoms with van der Waals surface area (Å²) < 4.78 is 0. The molecule has 0 radical (unpaired) electrons. The van der Waals surface area contributed by atoms with Crippen LogP contribution in [0.25, 0.3) is 0 Å². The standard InChI is InChI=1S/Mo.H2S2.Ti/c;1-2;/h;1-2H;. The van der Waals surface area contributed by atoms with E-state index in [1.54, 1.807) is 0 Å². The summed E-state index contributed by atoms with van der Waals surface area (Å²) in [7, 11) is 0. The van der Waals surface area contributed by atoms with E-state index in [2.05, 4.69) is 23.3 Å². The van der Waals surface area contributed by atoms with Crippen molar-refractivity contribution in [2.75, 3.05) is 0 Å². The molecule has 0 saturated carbocycles. The summed E-state index contributed by atoms with van der Waals surface area (Å²) in [6.45, 7) is 0. The maximum atomic E-state index is 3.22. The topological polar surface area (TPSA) is 0 Å². The predicted molar refractivity (Wildman–Crippen MR) is 18.0 cm³/mol. The van der Waals surface area contributed by atoms with Gasteiger partial charge >= 0.3 is 0 Å². The number of hydrogen-bond acceptors (Lipinski definition) is 2. The van der Waals surface area contributed by atoms with Crippen LogP contribution in [0.3, 0.4) is 0 Å². The fraction of sp³-hybridized carbons (Fsp3) is 0. The van der Waals surface area contributed by atoms with Crippen LogP contribution >= 0.6 is 23.3 Å². The van der Waals surface area contributed by atoms with Crippen molar-refractivity contribution in [3.8, 4) is 0 Å². The van der Waals surface area contributed by atoms with Crippen LogP contribution in [0.1, 0.15) is 0 Å². The molecule has 4 heteroatoms. The fourth-order valence-electron chi connectivity index (χ4n) is 0. The van der Waals surface area contributed by atoms with Crippen LogP contribution in [0.4, 0.5) is 0 Å². The minimum Gasteiger partial charge on any atom is -0.115 e. The van der Waals surface area contributed by atoms with Crippen molar-refractivity contribution in [3.63, 3.8) is 0 Å². The second-order valence-electron chi connectivity index (χ2n) is 0. The van der Waals surface area contributed by atoms with E-state index < -0.39 is 0 Å². The third-order valence-corrected chi connectivity index (χ3v) is 0. The van der Waals surface area contributed by atoms with E-state index in [-0.39, 0.29) is 42.8 Å². The smallest absolute Gasteiger partial charge is 0 e. The van der Waals surface area contributed by atoms with Crippen LogP contribution < -0.4 is 0 Å². The van der Waals surface area contributed by atoms with Crippen molar-refractivity contribution in [2.24, 2.45) is 0 Å². The van der Waals surface area contributed by atoms with Gasteiger partial charge in [-0.2, -0.15) is 0 Å². The predicted octanol–water partition coefficient (Wildman–Crippen LogP) is 0.756. The first kappa shape index (κ1) is 16.5. The van der Waals surface area contributed by atoms with Gasteiger partial charge in [-0.05, 0) is 0 Å². The number of hydrogen-bond donors (Lipinski definition) is 2. The molecule has 0 rings (SSSR count). The SMILES string of the molecule is SS.[Mo].[Ti]. The Labute approximate surface area is 65.5 Å². The molecule has 0 atom stereocenters. The van der Waals surface area contributed by atoms with E-state index in [1.165, 1.54) is 0 Å². The summed E-state index contributed by atoms with van der Waals surface area (Å²) >= 11 is 6.44. The summed E-state index contributed by atoms with van der Waals surface area (Å²) in [6, 6.07) is 0. The van der Waals surface area contributed by atoms with Crippen molar-refractivity contribution in [1.82, 2.24) is 0 Å².